The lowest BCUT2D eigenvalue weighted by Gasteiger charge is -2.33. The standard InChI is InChI=1S/2C23H29N3O2.3ClH/c2*1-25(23-21-9-8-20(27-2)17-22(21)28-24-23)14-15-26-12-10-19(11-13-26)16-18-6-4-3-5-7-18;;;/h2*3-9,17,19H,10-16H2,1-2H3;3*1H. The molecule has 320 valence electrons. The van der Waals surface area contributed by atoms with E-state index in [0.717, 1.165) is 83.1 Å². The van der Waals surface area contributed by atoms with Crippen molar-refractivity contribution < 1.29 is 18.5 Å². The van der Waals surface area contributed by atoms with Crippen molar-refractivity contribution in [2.75, 3.05) is 90.5 Å². The first-order chi connectivity index (χ1) is 27.4. The number of anilines is 2. The van der Waals surface area contributed by atoms with Crippen LogP contribution in [0.3, 0.4) is 0 Å². The molecule has 2 aliphatic rings. The normalized spacial score (nSPS) is 15.0. The van der Waals surface area contributed by atoms with Crippen molar-refractivity contribution in [2.45, 2.75) is 38.5 Å². The first-order valence-corrected chi connectivity index (χ1v) is 20.3. The van der Waals surface area contributed by atoms with Crippen LogP contribution in [0.4, 0.5) is 11.6 Å². The highest BCUT2D eigenvalue weighted by atomic mass is 35.5. The quantitative estimate of drug-likeness (QED) is 0.106. The Balaban J connectivity index is 0.000000248. The molecular weight excluding hydrogens is 807 g/mol. The molecule has 13 heteroatoms. The summed E-state index contributed by atoms with van der Waals surface area (Å²) in [6, 6.07) is 33.5. The van der Waals surface area contributed by atoms with Gasteiger partial charge in [-0.1, -0.05) is 71.0 Å². The van der Waals surface area contributed by atoms with E-state index in [9.17, 15) is 0 Å². The third-order valence-electron chi connectivity index (χ3n) is 11.7. The van der Waals surface area contributed by atoms with E-state index in [1.807, 2.05) is 36.4 Å². The molecule has 0 saturated carbocycles. The number of likely N-dealkylation sites (tertiary alicyclic amines) is 2. The predicted octanol–water partition coefficient (Wildman–Crippen LogP) is 9.72. The third-order valence-corrected chi connectivity index (χ3v) is 11.7. The summed E-state index contributed by atoms with van der Waals surface area (Å²) in [6.07, 6.45) is 7.55. The molecule has 4 aromatic carbocycles. The van der Waals surface area contributed by atoms with Gasteiger partial charge < -0.3 is 38.1 Å². The van der Waals surface area contributed by atoms with Crippen LogP contribution < -0.4 is 19.3 Å². The second-order valence-electron chi connectivity index (χ2n) is 15.5. The lowest BCUT2D eigenvalue weighted by atomic mass is 9.90. The van der Waals surface area contributed by atoms with Gasteiger partial charge in [0.15, 0.2) is 22.8 Å². The van der Waals surface area contributed by atoms with Gasteiger partial charge in [-0.2, -0.15) is 0 Å². The number of rotatable bonds is 14. The van der Waals surface area contributed by atoms with Crippen molar-refractivity contribution in [1.29, 1.82) is 0 Å². The molecule has 2 fully saturated rings. The zero-order valence-electron chi connectivity index (χ0n) is 34.8. The number of aromatic nitrogens is 2. The maximum absolute atomic E-state index is 5.49. The Morgan fingerprint density at radius 1 is 0.559 bits per heavy atom. The van der Waals surface area contributed by atoms with E-state index in [0.29, 0.717) is 0 Å². The van der Waals surface area contributed by atoms with Crippen molar-refractivity contribution in [1.82, 2.24) is 20.1 Å². The van der Waals surface area contributed by atoms with Crippen molar-refractivity contribution in [3.8, 4) is 11.5 Å². The molecule has 6 aromatic rings. The first kappa shape index (κ1) is 47.5. The number of nitrogens with zero attached hydrogens (tertiary/aromatic N) is 6. The number of ether oxygens (including phenoxy) is 2. The molecule has 2 aliphatic heterocycles. The number of benzene rings is 4. The maximum Gasteiger partial charge on any atom is 0.179 e. The number of piperidine rings is 2. The fourth-order valence-electron chi connectivity index (χ4n) is 8.13. The minimum Gasteiger partial charge on any atom is -0.497 e. The maximum atomic E-state index is 5.49. The van der Waals surface area contributed by atoms with Crippen LogP contribution in [0.15, 0.2) is 106 Å². The summed E-state index contributed by atoms with van der Waals surface area (Å²) in [6.45, 7) is 8.72. The number of hydrogen-bond donors (Lipinski definition) is 0. The van der Waals surface area contributed by atoms with Crippen molar-refractivity contribution in [2.24, 2.45) is 11.8 Å². The van der Waals surface area contributed by atoms with Crippen molar-refractivity contribution in [3.63, 3.8) is 0 Å². The highest BCUT2D eigenvalue weighted by molar-refractivity contribution is 5.90. The fourth-order valence-corrected chi connectivity index (χ4v) is 8.13. The smallest absolute Gasteiger partial charge is 0.179 e. The monoisotopic (exact) mass is 866 g/mol. The average molecular weight is 868 g/mol. The lowest BCUT2D eigenvalue weighted by Crippen LogP contribution is -2.39. The Bertz CT molecular complexity index is 1940. The van der Waals surface area contributed by atoms with Crippen LogP contribution in [-0.4, -0.2) is 101 Å². The molecule has 4 heterocycles. The average Bonchev–Trinajstić information content (AvgIpc) is 3.88. The topological polar surface area (TPSA) is 83.5 Å². The Labute approximate surface area is 368 Å². The molecule has 59 heavy (non-hydrogen) atoms. The van der Waals surface area contributed by atoms with Crippen LogP contribution in [0.25, 0.3) is 21.9 Å². The largest absolute Gasteiger partial charge is 0.497 e. The zero-order valence-corrected chi connectivity index (χ0v) is 37.3. The highest BCUT2D eigenvalue weighted by Crippen LogP contribution is 2.30. The summed E-state index contributed by atoms with van der Waals surface area (Å²) in [5, 5.41) is 10.6. The van der Waals surface area contributed by atoms with Gasteiger partial charge in [-0.15, -0.1) is 37.2 Å². The minimum atomic E-state index is 0. The minimum absolute atomic E-state index is 0. The van der Waals surface area contributed by atoms with Crippen LogP contribution >= 0.6 is 37.2 Å². The van der Waals surface area contributed by atoms with Crippen molar-refractivity contribution >= 4 is 70.8 Å². The van der Waals surface area contributed by atoms with Crippen LogP contribution in [0, 0.1) is 11.8 Å². The number of fused-ring (bicyclic) bond motifs is 2. The Hall–Kier alpha value is -4.19. The Morgan fingerprint density at radius 3 is 1.29 bits per heavy atom. The predicted molar refractivity (Wildman–Crippen MR) is 248 cm³/mol. The summed E-state index contributed by atoms with van der Waals surface area (Å²) in [4.78, 5) is 9.52. The first-order valence-electron chi connectivity index (χ1n) is 20.3. The second kappa shape index (κ2) is 23.6. The van der Waals surface area contributed by atoms with E-state index in [1.165, 1.54) is 75.8 Å². The van der Waals surface area contributed by atoms with Gasteiger partial charge in [-0.25, -0.2) is 0 Å². The van der Waals surface area contributed by atoms with Gasteiger partial charge in [0.25, 0.3) is 0 Å². The van der Waals surface area contributed by atoms with Gasteiger partial charge in [0.05, 0.1) is 25.0 Å². The van der Waals surface area contributed by atoms with E-state index in [2.05, 4.69) is 105 Å². The zero-order chi connectivity index (χ0) is 38.7. The van der Waals surface area contributed by atoms with Gasteiger partial charge in [-0.05, 0) is 112 Å². The molecule has 8 rings (SSSR count). The molecule has 0 unspecified atom stereocenters. The van der Waals surface area contributed by atoms with Crippen LogP contribution in [0.5, 0.6) is 11.5 Å². The summed E-state index contributed by atoms with van der Waals surface area (Å²) in [7, 11) is 7.49. The van der Waals surface area contributed by atoms with E-state index >= 15 is 0 Å². The van der Waals surface area contributed by atoms with Crippen LogP contribution in [-0.2, 0) is 12.8 Å². The van der Waals surface area contributed by atoms with E-state index in [-0.39, 0.29) is 37.2 Å². The van der Waals surface area contributed by atoms with E-state index < -0.39 is 0 Å². The van der Waals surface area contributed by atoms with Crippen molar-refractivity contribution in [3.05, 3.63) is 108 Å². The molecule has 0 spiro atoms. The van der Waals surface area contributed by atoms with Gasteiger partial charge in [-0.3, -0.25) is 0 Å². The summed E-state index contributed by atoms with van der Waals surface area (Å²) in [5.41, 5.74) is 4.47. The Kier molecular flexibility index (Phi) is 19.0. The molecule has 0 atom stereocenters. The van der Waals surface area contributed by atoms with Gasteiger partial charge >= 0.3 is 0 Å². The molecule has 2 aromatic heterocycles. The van der Waals surface area contributed by atoms with Crippen LogP contribution in [0.1, 0.15) is 36.8 Å². The number of halogens is 3. The number of hydrogen-bond acceptors (Lipinski definition) is 10. The number of methoxy groups -OCH3 is 2. The molecule has 0 radical (unpaired) electrons. The lowest BCUT2D eigenvalue weighted by molar-refractivity contribution is 0.188. The van der Waals surface area contributed by atoms with Crippen LogP contribution in [0.2, 0.25) is 0 Å². The van der Waals surface area contributed by atoms with Gasteiger partial charge in [0, 0.05) is 52.4 Å². The van der Waals surface area contributed by atoms with E-state index in [4.69, 9.17) is 18.5 Å². The number of likely N-dealkylation sites (N-methyl/N-ethyl adjacent to an activating group) is 2. The SMILES string of the molecule is COc1ccc2c(N(C)CCN3CCC(Cc4ccccc4)CC3)noc2c1.COc1ccc2c(N(C)CCN3CCC(Cc4ccccc4)CC3)noc2c1.Cl.Cl.Cl. The molecule has 2 saturated heterocycles. The summed E-state index contributed by atoms with van der Waals surface area (Å²) in [5.74, 6) is 5.00. The third kappa shape index (κ3) is 12.9. The molecule has 0 amide bonds. The molecule has 0 N–H and O–H groups in total. The van der Waals surface area contributed by atoms with Gasteiger partial charge in [0.2, 0.25) is 0 Å². The summed E-state index contributed by atoms with van der Waals surface area (Å²) < 4.78 is 21.5. The van der Waals surface area contributed by atoms with Gasteiger partial charge in [0.1, 0.15) is 11.5 Å². The second-order valence-corrected chi connectivity index (χ2v) is 15.5. The molecule has 0 aliphatic carbocycles. The van der Waals surface area contributed by atoms with E-state index in [1.54, 1.807) is 14.2 Å². The summed E-state index contributed by atoms with van der Waals surface area (Å²) >= 11 is 0. The highest BCUT2D eigenvalue weighted by Gasteiger charge is 2.22. The molecule has 10 nitrogen and oxygen atoms in total. The Morgan fingerprint density at radius 2 is 0.932 bits per heavy atom. The fraction of sp³-hybridized carbons (Fsp3) is 0.435. The molecular formula is C46H61Cl3N6O4. The molecule has 0 bridgehead atoms.